The van der Waals surface area contributed by atoms with Crippen molar-refractivity contribution in [1.82, 2.24) is 5.32 Å². The molecule has 0 fully saturated rings. The molecule has 1 atom stereocenters. The van der Waals surface area contributed by atoms with E-state index in [-0.39, 0.29) is 0 Å². The third kappa shape index (κ3) is 3.38. The van der Waals surface area contributed by atoms with Crippen LogP contribution in [-0.4, -0.2) is 6.54 Å². The maximum absolute atomic E-state index is 3.74. The van der Waals surface area contributed by atoms with Crippen molar-refractivity contribution in [1.29, 1.82) is 0 Å². The number of thiophene rings is 1. The second-order valence-corrected chi connectivity index (χ2v) is 7.27. The van der Waals surface area contributed by atoms with Crippen LogP contribution in [0, 0.1) is 6.92 Å². The van der Waals surface area contributed by atoms with Gasteiger partial charge in [-0.05, 0) is 62.8 Å². The zero-order valence-electron chi connectivity index (χ0n) is 13.1. The Bertz CT molecular complexity index is 559. The SMILES string of the molecule is CCCNC(c1ccc(C)cc1)c1cc2c(s1)CCCC2. The molecule has 1 aliphatic rings. The summed E-state index contributed by atoms with van der Waals surface area (Å²) in [5.41, 5.74) is 4.34. The van der Waals surface area contributed by atoms with Gasteiger partial charge in [-0.2, -0.15) is 0 Å². The van der Waals surface area contributed by atoms with Gasteiger partial charge in [0.15, 0.2) is 0 Å². The standard InChI is InChI=1S/C19H25NS/c1-3-12-20-19(15-10-8-14(2)9-11-15)18-13-16-6-4-5-7-17(16)21-18/h8-11,13,19-20H,3-7,12H2,1-2H3. The zero-order chi connectivity index (χ0) is 14.7. The van der Waals surface area contributed by atoms with Crippen LogP contribution in [0.3, 0.4) is 0 Å². The van der Waals surface area contributed by atoms with Crippen LogP contribution < -0.4 is 5.32 Å². The molecule has 0 bridgehead atoms. The number of rotatable bonds is 5. The monoisotopic (exact) mass is 299 g/mol. The number of nitrogens with one attached hydrogen (secondary N) is 1. The van der Waals surface area contributed by atoms with Crippen molar-refractivity contribution in [2.24, 2.45) is 0 Å². The highest BCUT2D eigenvalue weighted by molar-refractivity contribution is 7.12. The summed E-state index contributed by atoms with van der Waals surface area (Å²) in [5, 5.41) is 3.74. The van der Waals surface area contributed by atoms with E-state index in [4.69, 9.17) is 0 Å². The molecule has 0 saturated carbocycles. The number of aryl methyl sites for hydroxylation is 3. The first-order chi connectivity index (χ1) is 10.3. The normalized spacial score (nSPS) is 15.7. The highest BCUT2D eigenvalue weighted by Gasteiger charge is 2.20. The molecule has 1 aromatic heterocycles. The molecular weight excluding hydrogens is 274 g/mol. The van der Waals surface area contributed by atoms with E-state index in [2.05, 4.69) is 49.5 Å². The maximum Gasteiger partial charge on any atom is 0.0671 e. The van der Waals surface area contributed by atoms with Crippen molar-refractivity contribution in [3.8, 4) is 0 Å². The minimum atomic E-state index is 0.362. The Morgan fingerprint density at radius 2 is 1.90 bits per heavy atom. The number of benzene rings is 1. The van der Waals surface area contributed by atoms with Crippen LogP contribution in [0.1, 0.15) is 58.7 Å². The smallest absolute Gasteiger partial charge is 0.0671 e. The zero-order valence-corrected chi connectivity index (χ0v) is 13.9. The summed E-state index contributed by atoms with van der Waals surface area (Å²) < 4.78 is 0. The van der Waals surface area contributed by atoms with Crippen molar-refractivity contribution >= 4 is 11.3 Å². The Morgan fingerprint density at radius 3 is 2.62 bits per heavy atom. The fourth-order valence-corrected chi connectivity index (χ4v) is 4.45. The Hall–Kier alpha value is -1.12. The minimum absolute atomic E-state index is 0.362. The molecule has 112 valence electrons. The van der Waals surface area contributed by atoms with Gasteiger partial charge in [0.2, 0.25) is 0 Å². The molecule has 1 aliphatic carbocycles. The summed E-state index contributed by atoms with van der Waals surface area (Å²) >= 11 is 2.03. The molecule has 1 N–H and O–H groups in total. The first-order valence-electron chi connectivity index (χ1n) is 8.19. The second kappa shape index (κ2) is 6.76. The van der Waals surface area contributed by atoms with Crippen molar-refractivity contribution in [2.45, 2.75) is 52.0 Å². The Morgan fingerprint density at radius 1 is 1.14 bits per heavy atom. The lowest BCUT2D eigenvalue weighted by molar-refractivity contribution is 0.605. The van der Waals surface area contributed by atoms with Gasteiger partial charge in [0, 0.05) is 9.75 Å². The summed E-state index contributed by atoms with van der Waals surface area (Å²) in [4.78, 5) is 3.13. The lowest BCUT2D eigenvalue weighted by Gasteiger charge is -2.18. The molecule has 0 amide bonds. The summed E-state index contributed by atoms with van der Waals surface area (Å²) in [6.07, 6.45) is 6.47. The van der Waals surface area contributed by atoms with Gasteiger partial charge in [0.25, 0.3) is 0 Å². The molecule has 1 heterocycles. The van der Waals surface area contributed by atoms with Crippen molar-refractivity contribution < 1.29 is 0 Å². The predicted molar refractivity (Wildman–Crippen MR) is 92.3 cm³/mol. The minimum Gasteiger partial charge on any atom is -0.306 e. The van der Waals surface area contributed by atoms with Crippen LogP contribution in [0.5, 0.6) is 0 Å². The molecule has 2 heteroatoms. The van der Waals surface area contributed by atoms with E-state index in [1.807, 2.05) is 11.3 Å². The van der Waals surface area contributed by atoms with Gasteiger partial charge < -0.3 is 5.32 Å². The number of hydrogen-bond acceptors (Lipinski definition) is 2. The van der Waals surface area contributed by atoms with Gasteiger partial charge in [-0.3, -0.25) is 0 Å². The van der Waals surface area contributed by atoms with Crippen LogP contribution in [-0.2, 0) is 12.8 Å². The van der Waals surface area contributed by atoms with Crippen LogP contribution in [0.4, 0.5) is 0 Å². The van der Waals surface area contributed by atoms with E-state index in [1.165, 1.54) is 48.1 Å². The lowest BCUT2D eigenvalue weighted by Crippen LogP contribution is -2.22. The molecule has 0 saturated heterocycles. The van der Waals surface area contributed by atoms with Crippen molar-refractivity contribution in [3.05, 3.63) is 56.8 Å². The molecule has 21 heavy (non-hydrogen) atoms. The van der Waals surface area contributed by atoms with Gasteiger partial charge in [0.05, 0.1) is 6.04 Å². The maximum atomic E-state index is 3.74. The van der Waals surface area contributed by atoms with E-state index < -0.39 is 0 Å². The van der Waals surface area contributed by atoms with Gasteiger partial charge in [0.1, 0.15) is 0 Å². The summed E-state index contributed by atoms with van der Waals surface area (Å²) in [5.74, 6) is 0. The largest absolute Gasteiger partial charge is 0.306 e. The third-order valence-corrected chi connectivity index (χ3v) is 5.61. The van der Waals surface area contributed by atoms with Gasteiger partial charge in [-0.15, -0.1) is 11.3 Å². The predicted octanol–water partition coefficient (Wildman–Crippen LogP) is 5.02. The van der Waals surface area contributed by atoms with Gasteiger partial charge in [-0.25, -0.2) is 0 Å². The Labute approximate surface area is 132 Å². The first kappa shape index (κ1) is 14.8. The molecular formula is C19H25NS. The quantitative estimate of drug-likeness (QED) is 0.817. The summed E-state index contributed by atoms with van der Waals surface area (Å²) in [6.45, 7) is 5.46. The second-order valence-electron chi connectivity index (χ2n) is 6.10. The fraction of sp³-hybridized carbons (Fsp3) is 0.474. The molecule has 1 unspecified atom stereocenters. The van der Waals surface area contributed by atoms with Crippen LogP contribution in [0.15, 0.2) is 30.3 Å². The average Bonchev–Trinajstić information content (AvgIpc) is 2.93. The Balaban J connectivity index is 1.91. The molecule has 2 aromatic rings. The van der Waals surface area contributed by atoms with Crippen molar-refractivity contribution in [2.75, 3.05) is 6.54 Å². The lowest BCUT2D eigenvalue weighted by atomic mass is 9.97. The first-order valence-corrected chi connectivity index (χ1v) is 9.01. The fourth-order valence-electron chi connectivity index (χ4n) is 3.09. The third-order valence-electron chi connectivity index (χ3n) is 4.31. The van der Waals surface area contributed by atoms with Gasteiger partial charge >= 0.3 is 0 Å². The molecule has 1 aromatic carbocycles. The number of fused-ring (bicyclic) bond motifs is 1. The molecule has 0 radical (unpaired) electrons. The van der Waals surface area contributed by atoms with E-state index in [0.717, 1.165) is 6.54 Å². The molecule has 0 aliphatic heterocycles. The highest BCUT2D eigenvalue weighted by atomic mass is 32.1. The molecule has 0 spiro atoms. The summed E-state index contributed by atoms with van der Waals surface area (Å²) in [7, 11) is 0. The topological polar surface area (TPSA) is 12.0 Å². The van der Waals surface area contributed by atoms with Gasteiger partial charge in [-0.1, -0.05) is 36.8 Å². The van der Waals surface area contributed by atoms with E-state index in [0.29, 0.717) is 6.04 Å². The average molecular weight is 299 g/mol. The van der Waals surface area contributed by atoms with E-state index in [1.54, 1.807) is 10.4 Å². The van der Waals surface area contributed by atoms with Crippen LogP contribution in [0.2, 0.25) is 0 Å². The molecule has 3 rings (SSSR count). The molecule has 1 nitrogen and oxygen atoms in total. The van der Waals surface area contributed by atoms with Crippen molar-refractivity contribution in [3.63, 3.8) is 0 Å². The van der Waals surface area contributed by atoms with Crippen LogP contribution in [0.25, 0.3) is 0 Å². The summed E-state index contributed by atoms with van der Waals surface area (Å²) in [6, 6.07) is 11.8. The van der Waals surface area contributed by atoms with Crippen LogP contribution >= 0.6 is 11.3 Å². The van der Waals surface area contributed by atoms with E-state index >= 15 is 0 Å². The van der Waals surface area contributed by atoms with E-state index in [9.17, 15) is 0 Å². The highest BCUT2D eigenvalue weighted by Crippen LogP contribution is 2.35. The Kier molecular flexibility index (Phi) is 4.77. The number of hydrogen-bond donors (Lipinski definition) is 1.